The molecule has 0 aromatic heterocycles. The molecule has 0 heterocycles. The van der Waals surface area contributed by atoms with E-state index in [2.05, 4.69) is 15.8 Å². The highest BCUT2D eigenvalue weighted by Gasteiger charge is 2.17. The molecule has 0 bridgehead atoms. The Kier molecular flexibility index (Phi) is 9.73. The van der Waals surface area contributed by atoms with Crippen LogP contribution in [-0.2, 0) is 0 Å². The van der Waals surface area contributed by atoms with Crippen LogP contribution in [0.3, 0.4) is 0 Å². The maximum Gasteiger partial charge on any atom is 0.345 e. The monoisotopic (exact) mass is 589 g/mol. The number of esters is 1. The Morgan fingerprint density at radius 1 is 0.854 bits per heavy atom. The van der Waals surface area contributed by atoms with Crippen molar-refractivity contribution >= 4 is 52.9 Å². The molecular weight excluding hydrogens is 565 g/mol. The normalized spacial score (nSPS) is 10.7. The van der Waals surface area contributed by atoms with Crippen LogP contribution in [0.2, 0.25) is 10.0 Å². The lowest BCUT2D eigenvalue weighted by Crippen LogP contribution is -2.21. The van der Waals surface area contributed by atoms with Gasteiger partial charge in [-0.25, -0.2) is 10.2 Å². The van der Waals surface area contributed by atoms with Gasteiger partial charge in [-0.05, 0) is 80.1 Å². The molecule has 0 saturated carbocycles. The SMILES string of the molecule is CCOc1cc(/C=N\NC(=O)c2ccccc2NC(=O)c2cccc(C)c2)ccc1OC(=O)c1ccc(Cl)cc1Cl. The number of hydrazone groups is 1. The average Bonchev–Trinajstić information content (AvgIpc) is 2.94. The van der Waals surface area contributed by atoms with Crippen molar-refractivity contribution in [3.63, 3.8) is 0 Å². The first-order valence-corrected chi connectivity index (χ1v) is 13.2. The Bertz CT molecular complexity index is 1640. The summed E-state index contributed by atoms with van der Waals surface area (Å²) in [6, 6.07) is 23.0. The van der Waals surface area contributed by atoms with E-state index in [-0.39, 0.29) is 27.8 Å². The Balaban J connectivity index is 1.45. The van der Waals surface area contributed by atoms with E-state index in [1.165, 1.54) is 24.4 Å². The number of benzene rings is 4. The molecule has 0 radical (unpaired) electrons. The van der Waals surface area contributed by atoms with Gasteiger partial charge in [0.15, 0.2) is 11.5 Å². The van der Waals surface area contributed by atoms with E-state index in [1.807, 2.05) is 13.0 Å². The maximum atomic E-state index is 12.9. The van der Waals surface area contributed by atoms with E-state index < -0.39 is 11.9 Å². The number of carbonyl (C=O) groups is 3. The van der Waals surface area contributed by atoms with Gasteiger partial charge in [-0.2, -0.15) is 5.10 Å². The molecule has 208 valence electrons. The van der Waals surface area contributed by atoms with Crippen molar-refractivity contribution in [3.05, 3.63) is 123 Å². The van der Waals surface area contributed by atoms with Crippen molar-refractivity contribution in [1.82, 2.24) is 5.43 Å². The van der Waals surface area contributed by atoms with Crippen LogP contribution in [0.1, 0.15) is 49.1 Å². The average molecular weight is 590 g/mol. The number of anilines is 1. The molecule has 2 N–H and O–H groups in total. The molecule has 0 fully saturated rings. The van der Waals surface area contributed by atoms with E-state index in [1.54, 1.807) is 67.6 Å². The first-order valence-electron chi connectivity index (χ1n) is 12.5. The van der Waals surface area contributed by atoms with Gasteiger partial charge in [0.25, 0.3) is 11.8 Å². The minimum atomic E-state index is -0.672. The first kappa shape index (κ1) is 29.3. The van der Waals surface area contributed by atoms with Crippen LogP contribution in [0.15, 0.2) is 90.0 Å². The molecule has 0 aliphatic rings. The topological polar surface area (TPSA) is 106 Å². The van der Waals surface area contributed by atoms with Crippen LogP contribution >= 0.6 is 23.2 Å². The third-order valence-electron chi connectivity index (χ3n) is 5.70. The summed E-state index contributed by atoms with van der Waals surface area (Å²) in [5.41, 5.74) is 5.20. The fourth-order valence-electron chi connectivity index (χ4n) is 3.76. The van der Waals surface area contributed by atoms with Gasteiger partial charge in [0.05, 0.1) is 34.7 Å². The number of aryl methyl sites for hydroxylation is 1. The zero-order valence-corrected chi connectivity index (χ0v) is 23.6. The number of nitrogens with zero attached hydrogens (tertiary/aromatic N) is 1. The molecule has 4 aromatic rings. The predicted octanol–water partition coefficient (Wildman–Crippen LogP) is 6.94. The minimum Gasteiger partial charge on any atom is -0.490 e. The van der Waals surface area contributed by atoms with Crippen molar-refractivity contribution in [3.8, 4) is 11.5 Å². The van der Waals surface area contributed by atoms with Gasteiger partial charge in [0.2, 0.25) is 0 Å². The van der Waals surface area contributed by atoms with Crippen LogP contribution in [0.25, 0.3) is 0 Å². The maximum absolute atomic E-state index is 12.9. The lowest BCUT2D eigenvalue weighted by Gasteiger charge is -2.12. The van der Waals surface area contributed by atoms with E-state index in [0.29, 0.717) is 34.2 Å². The van der Waals surface area contributed by atoms with Crippen molar-refractivity contribution < 1.29 is 23.9 Å². The van der Waals surface area contributed by atoms with Crippen molar-refractivity contribution in [2.75, 3.05) is 11.9 Å². The number of nitrogens with one attached hydrogen (secondary N) is 2. The summed E-state index contributed by atoms with van der Waals surface area (Å²) in [5, 5.41) is 7.38. The number of carbonyl (C=O) groups excluding carboxylic acids is 3. The van der Waals surface area contributed by atoms with Crippen molar-refractivity contribution in [1.29, 1.82) is 0 Å². The van der Waals surface area contributed by atoms with Gasteiger partial charge in [0, 0.05) is 10.6 Å². The van der Waals surface area contributed by atoms with E-state index in [4.69, 9.17) is 32.7 Å². The standard InChI is InChI=1S/C31H25Cl2N3O5/c1-3-40-28-16-20(11-14-27(28)41-31(39)23-13-12-22(32)17-25(23)33)18-34-36-30(38)24-9-4-5-10-26(24)35-29(37)21-8-6-7-19(2)15-21/h4-18H,3H2,1-2H3,(H,35,37)(H,36,38)/b34-18-. The Hall–Kier alpha value is -4.66. The second kappa shape index (κ2) is 13.6. The Morgan fingerprint density at radius 2 is 1.66 bits per heavy atom. The van der Waals surface area contributed by atoms with Gasteiger partial charge in [-0.15, -0.1) is 0 Å². The van der Waals surface area contributed by atoms with Crippen LogP contribution in [0, 0.1) is 6.92 Å². The molecule has 8 nitrogen and oxygen atoms in total. The number of hydrogen-bond acceptors (Lipinski definition) is 6. The van der Waals surface area contributed by atoms with Crippen LogP contribution in [0.5, 0.6) is 11.5 Å². The second-order valence-electron chi connectivity index (χ2n) is 8.72. The number of para-hydroxylation sites is 1. The smallest absolute Gasteiger partial charge is 0.345 e. The highest BCUT2D eigenvalue weighted by Crippen LogP contribution is 2.30. The lowest BCUT2D eigenvalue weighted by atomic mass is 10.1. The molecule has 10 heteroatoms. The fourth-order valence-corrected chi connectivity index (χ4v) is 4.25. The van der Waals surface area contributed by atoms with Gasteiger partial charge >= 0.3 is 5.97 Å². The summed E-state index contributed by atoms with van der Waals surface area (Å²) in [6.45, 7) is 4.00. The molecule has 0 spiro atoms. The third-order valence-corrected chi connectivity index (χ3v) is 6.25. The molecular formula is C31H25Cl2N3O5. The van der Waals surface area contributed by atoms with Crippen molar-refractivity contribution in [2.24, 2.45) is 5.10 Å². The van der Waals surface area contributed by atoms with Crippen LogP contribution in [-0.4, -0.2) is 30.6 Å². The number of rotatable bonds is 9. The zero-order chi connectivity index (χ0) is 29.4. The minimum absolute atomic E-state index is 0.155. The molecule has 0 saturated heterocycles. The molecule has 4 aromatic carbocycles. The number of amides is 2. The van der Waals surface area contributed by atoms with Gasteiger partial charge in [-0.3, -0.25) is 9.59 Å². The summed E-state index contributed by atoms with van der Waals surface area (Å²) < 4.78 is 11.1. The molecule has 0 atom stereocenters. The predicted molar refractivity (Wildman–Crippen MR) is 160 cm³/mol. The van der Waals surface area contributed by atoms with E-state index in [0.717, 1.165) is 5.56 Å². The van der Waals surface area contributed by atoms with Gasteiger partial charge in [-0.1, -0.05) is 53.0 Å². The molecule has 41 heavy (non-hydrogen) atoms. The first-order chi connectivity index (χ1) is 19.7. The molecule has 2 amide bonds. The zero-order valence-electron chi connectivity index (χ0n) is 22.1. The van der Waals surface area contributed by atoms with Crippen molar-refractivity contribution in [2.45, 2.75) is 13.8 Å². The third kappa shape index (κ3) is 7.72. The molecule has 4 rings (SSSR count). The molecule has 0 unspecified atom stereocenters. The summed E-state index contributed by atoms with van der Waals surface area (Å²) in [4.78, 5) is 38.2. The summed E-state index contributed by atoms with van der Waals surface area (Å²) in [6.07, 6.45) is 1.41. The Labute approximate surface area is 246 Å². The lowest BCUT2D eigenvalue weighted by molar-refractivity contribution is 0.0728. The summed E-state index contributed by atoms with van der Waals surface area (Å²) >= 11 is 12.0. The highest BCUT2D eigenvalue weighted by atomic mass is 35.5. The van der Waals surface area contributed by atoms with Gasteiger partial charge in [0.1, 0.15) is 0 Å². The van der Waals surface area contributed by atoms with Crippen LogP contribution < -0.4 is 20.2 Å². The van der Waals surface area contributed by atoms with E-state index in [9.17, 15) is 14.4 Å². The van der Waals surface area contributed by atoms with E-state index >= 15 is 0 Å². The number of hydrogen-bond donors (Lipinski definition) is 2. The fraction of sp³-hybridized carbons (Fsp3) is 0.0968. The second-order valence-corrected chi connectivity index (χ2v) is 9.56. The molecule has 0 aliphatic carbocycles. The Morgan fingerprint density at radius 3 is 2.41 bits per heavy atom. The summed E-state index contributed by atoms with van der Waals surface area (Å²) in [7, 11) is 0. The number of ether oxygens (including phenoxy) is 2. The quantitative estimate of drug-likeness (QED) is 0.0952. The van der Waals surface area contributed by atoms with Crippen LogP contribution in [0.4, 0.5) is 5.69 Å². The summed E-state index contributed by atoms with van der Waals surface area (Å²) in [5.74, 6) is -1.04. The number of halogens is 2. The van der Waals surface area contributed by atoms with Gasteiger partial charge < -0.3 is 14.8 Å². The highest BCUT2D eigenvalue weighted by molar-refractivity contribution is 6.36. The largest absolute Gasteiger partial charge is 0.490 e. The molecule has 0 aliphatic heterocycles.